The minimum absolute atomic E-state index is 0. The van der Waals surface area contributed by atoms with Crippen molar-refractivity contribution in [1.82, 2.24) is 0 Å². The van der Waals surface area contributed by atoms with E-state index < -0.39 is 17.7 Å². The van der Waals surface area contributed by atoms with Gasteiger partial charge in [0.25, 0.3) is 0 Å². The summed E-state index contributed by atoms with van der Waals surface area (Å²) < 4.78 is 25.6. The Hall–Kier alpha value is -0.670. The molecule has 0 heterocycles. The van der Waals surface area contributed by atoms with E-state index in [1.807, 2.05) is 0 Å². The van der Waals surface area contributed by atoms with Crippen LogP contribution in [0.25, 0.3) is 0 Å². The van der Waals surface area contributed by atoms with E-state index in [9.17, 15) is 8.78 Å². The lowest BCUT2D eigenvalue weighted by atomic mass is 10.1. The second-order valence-electron chi connectivity index (χ2n) is 2.42. The maximum Gasteiger partial charge on any atom is 0.130 e. The summed E-state index contributed by atoms with van der Waals surface area (Å²) in [5.41, 5.74) is 5.29. The van der Waals surface area contributed by atoms with Crippen LogP contribution in [0.15, 0.2) is 18.2 Å². The van der Waals surface area contributed by atoms with Gasteiger partial charge < -0.3 is 5.73 Å². The lowest BCUT2D eigenvalue weighted by Crippen LogP contribution is -2.09. The number of nitrogens with two attached hydrogens (primary N) is 1. The SMILES string of the molecule is C[C@@H](N)c1c(F)cccc1F.Cl. The number of benzene rings is 1. The Balaban J connectivity index is 0.00000121. The van der Waals surface area contributed by atoms with Gasteiger partial charge in [0.2, 0.25) is 0 Å². The summed E-state index contributed by atoms with van der Waals surface area (Å²) in [5.74, 6) is -1.17. The molecule has 0 aliphatic heterocycles. The minimum atomic E-state index is -0.601. The average Bonchev–Trinajstić information content (AvgIpc) is 1.85. The highest BCUT2D eigenvalue weighted by molar-refractivity contribution is 5.85. The lowest BCUT2D eigenvalue weighted by molar-refractivity contribution is 0.537. The van der Waals surface area contributed by atoms with Crippen molar-refractivity contribution in [2.24, 2.45) is 5.73 Å². The first-order chi connectivity index (χ1) is 5.13. The maximum atomic E-state index is 12.8. The predicted octanol–water partition coefficient (Wildman–Crippen LogP) is 2.41. The van der Waals surface area contributed by atoms with Crippen LogP contribution in [0.2, 0.25) is 0 Å². The van der Waals surface area contributed by atoms with Crippen LogP contribution in [0.1, 0.15) is 18.5 Å². The standard InChI is InChI=1S/C8H9F2N.ClH/c1-5(11)8-6(9)3-2-4-7(8)10;/h2-5H,11H2,1H3;1H/t5-;/m1./s1. The molecule has 0 spiro atoms. The fourth-order valence-corrected chi connectivity index (χ4v) is 0.946. The first-order valence-electron chi connectivity index (χ1n) is 3.32. The van der Waals surface area contributed by atoms with Crippen LogP contribution in [0.4, 0.5) is 8.78 Å². The van der Waals surface area contributed by atoms with Crippen molar-refractivity contribution in [3.8, 4) is 0 Å². The van der Waals surface area contributed by atoms with Gasteiger partial charge in [-0.1, -0.05) is 6.07 Å². The number of halogens is 3. The van der Waals surface area contributed by atoms with E-state index in [-0.39, 0.29) is 18.0 Å². The van der Waals surface area contributed by atoms with Gasteiger partial charge in [0, 0.05) is 11.6 Å². The van der Waals surface area contributed by atoms with Crippen LogP contribution >= 0.6 is 12.4 Å². The molecule has 0 amide bonds. The summed E-state index contributed by atoms with van der Waals surface area (Å²) in [5, 5.41) is 0. The fourth-order valence-electron chi connectivity index (χ4n) is 0.946. The quantitative estimate of drug-likeness (QED) is 0.728. The van der Waals surface area contributed by atoms with Crippen LogP contribution in [0, 0.1) is 11.6 Å². The molecule has 12 heavy (non-hydrogen) atoms. The van der Waals surface area contributed by atoms with E-state index in [0.717, 1.165) is 0 Å². The molecule has 0 aliphatic carbocycles. The summed E-state index contributed by atoms with van der Waals surface area (Å²) in [6.45, 7) is 1.54. The summed E-state index contributed by atoms with van der Waals surface area (Å²) >= 11 is 0. The van der Waals surface area contributed by atoms with E-state index in [1.165, 1.54) is 18.2 Å². The van der Waals surface area contributed by atoms with Gasteiger partial charge in [-0.2, -0.15) is 0 Å². The van der Waals surface area contributed by atoms with E-state index in [1.54, 1.807) is 6.92 Å². The molecule has 0 saturated heterocycles. The Labute approximate surface area is 76.0 Å². The van der Waals surface area contributed by atoms with Crippen molar-refractivity contribution < 1.29 is 8.78 Å². The highest BCUT2D eigenvalue weighted by atomic mass is 35.5. The van der Waals surface area contributed by atoms with Crippen molar-refractivity contribution in [1.29, 1.82) is 0 Å². The highest BCUT2D eigenvalue weighted by Crippen LogP contribution is 2.17. The number of hydrogen-bond acceptors (Lipinski definition) is 1. The Morgan fingerprint density at radius 3 is 1.92 bits per heavy atom. The second-order valence-corrected chi connectivity index (χ2v) is 2.42. The molecule has 0 radical (unpaired) electrons. The van der Waals surface area contributed by atoms with Crippen molar-refractivity contribution in [2.45, 2.75) is 13.0 Å². The summed E-state index contributed by atoms with van der Waals surface area (Å²) in [6.07, 6.45) is 0. The third-order valence-electron chi connectivity index (χ3n) is 1.46. The van der Waals surface area contributed by atoms with Crippen LogP contribution in [0.3, 0.4) is 0 Å². The lowest BCUT2D eigenvalue weighted by Gasteiger charge is -2.06. The van der Waals surface area contributed by atoms with E-state index >= 15 is 0 Å². The minimum Gasteiger partial charge on any atom is -0.324 e. The average molecular weight is 194 g/mol. The van der Waals surface area contributed by atoms with Crippen LogP contribution in [0.5, 0.6) is 0 Å². The molecule has 1 aromatic rings. The summed E-state index contributed by atoms with van der Waals surface area (Å²) in [4.78, 5) is 0. The molecule has 1 rings (SSSR count). The van der Waals surface area contributed by atoms with Crippen LogP contribution in [-0.2, 0) is 0 Å². The van der Waals surface area contributed by atoms with Gasteiger partial charge in [-0.15, -0.1) is 12.4 Å². The summed E-state index contributed by atoms with van der Waals surface area (Å²) in [6, 6.07) is 3.11. The van der Waals surface area contributed by atoms with Gasteiger partial charge in [0.1, 0.15) is 11.6 Å². The van der Waals surface area contributed by atoms with E-state index in [0.29, 0.717) is 0 Å². The Bertz CT molecular complexity index is 243. The van der Waals surface area contributed by atoms with Gasteiger partial charge >= 0.3 is 0 Å². The topological polar surface area (TPSA) is 26.0 Å². The monoisotopic (exact) mass is 193 g/mol. The first kappa shape index (κ1) is 11.3. The van der Waals surface area contributed by atoms with Crippen LogP contribution < -0.4 is 5.73 Å². The van der Waals surface area contributed by atoms with Crippen LogP contribution in [-0.4, -0.2) is 0 Å². The fraction of sp³-hybridized carbons (Fsp3) is 0.250. The molecule has 0 fully saturated rings. The van der Waals surface area contributed by atoms with Gasteiger partial charge in [-0.25, -0.2) is 8.78 Å². The van der Waals surface area contributed by atoms with Crippen molar-refractivity contribution in [3.63, 3.8) is 0 Å². The third kappa shape index (κ3) is 2.16. The smallest absolute Gasteiger partial charge is 0.130 e. The molecule has 1 nitrogen and oxygen atoms in total. The molecule has 0 bridgehead atoms. The largest absolute Gasteiger partial charge is 0.324 e. The van der Waals surface area contributed by atoms with Gasteiger partial charge in [0.05, 0.1) is 0 Å². The van der Waals surface area contributed by atoms with E-state index in [4.69, 9.17) is 5.73 Å². The molecule has 1 atom stereocenters. The Morgan fingerprint density at radius 1 is 1.25 bits per heavy atom. The molecule has 0 aliphatic rings. The zero-order chi connectivity index (χ0) is 8.43. The molecule has 0 saturated carbocycles. The number of hydrogen-bond donors (Lipinski definition) is 1. The molecule has 68 valence electrons. The third-order valence-corrected chi connectivity index (χ3v) is 1.46. The van der Waals surface area contributed by atoms with Crippen molar-refractivity contribution in [2.75, 3.05) is 0 Å². The number of rotatable bonds is 1. The molecular formula is C8H10ClF2N. The zero-order valence-electron chi connectivity index (χ0n) is 6.55. The maximum absolute atomic E-state index is 12.8. The van der Waals surface area contributed by atoms with Gasteiger partial charge in [-0.05, 0) is 19.1 Å². The Kier molecular flexibility index (Phi) is 4.13. The van der Waals surface area contributed by atoms with Gasteiger partial charge in [-0.3, -0.25) is 0 Å². The van der Waals surface area contributed by atoms with Crippen molar-refractivity contribution in [3.05, 3.63) is 35.4 Å². The molecule has 4 heteroatoms. The molecular weight excluding hydrogens is 184 g/mol. The predicted molar refractivity (Wildman–Crippen MR) is 46.2 cm³/mol. The Morgan fingerprint density at radius 2 is 1.67 bits per heavy atom. The molecule has 1 aromatic carbocycles. The second kappa shape index (κ2) is 4.38. The van der Waals surface area contributed by atoms with Gasteiger partial charge in [0.15, 0.2) is 0 Å². The summed E-state index contributed by atoms with van der Waals surface area (Å²) in [7, 11) is 0. The molecule has 0 aromatic heterocycles. The first-order valence-corrected chi connectivity index (χ1v) is 3.32. The van der Waals surface area contributed by atoms with E-state index in [2.05, 4.69) is 0 Å². The highest BCUT2D eigenvalue weighted by Gasteiger charge is 2.11. The van der Waals surface area contributed by atoms with Crippen molar-refractivity contribution >= 4 is 12.4 Å². The molecule has 0 unspecified atom stereocenters. The molecule has 2 N–H and O–H groups in total. The normalized spacial score (nSPS) is 12.0. The zero-order valence-corrected chi connectivity index (χ0v) is 7.37.